The number of nitrogens with two attached hydrogens (primary N) is 1. The normalized spacial score (nSPS) is 29.5. The van der Waals surface area contributed by atoms with Crippen LogP contribution in [0, 0.1) is 5.92 Å². The second-order valence-corrected chi connectivity index (χ2v) is 4.11. The van der Waals surface area contributed by atoms with Crippen molar-refractivity contribution in [2.24, 2.45) is 11.7 Å². The summed E-state index contributed by atoms with van der Waals surface area (Å²) in [5, 5.41) is 8.80. The van der Waals surface area contributed by atoms with Gasteiger partial charge in [-0.1, -0.05) is 0 Å². The summed E-state index contributed by atoms with van der Waals surface area (Å²) in [4.78, 5) is 2.27. The van der Waals surface area contributed by atoms with Gasteiger partial charge < -0.3 is 15.7 Å². The van der Waals surface area contributed by atoms with E-state index >= 15 is 0 Å². The van der Waals surface area contributed by atoms with Crippen LogP contribution in [-0.2, 0) is 0 Å². The molecule has 0 aromatic rings. The lowest BCUT2D eigenvalue weighted by Gasteiger charge is -2.33. The van der Waals surface area contributed by atoms with Crippen molar-refractivity contribution in [3.8, 4) is 0 Å². The maximum absolute atomic E-state index is 8.80. The Morgan fingerprint density at radius 3 is 2.38 bits per heavy atom. The van der Waals surface area contributed by atoms with Crippen LogP contribution in [0.15, 0.2) is 0 Å². The number of hydrogen-bond donors (Lipinski definition) is 2. The standard InChI is InChI=1S/C10H22N2O/c1-12(6-7-13)10-4-2-9(8-11)3-5-10/h9-10,13H,2-8,11H2,1H3/t9-,10-. The fraction of sp³-hybridized carbons (Fsp3) is 1.00. The van der Waals surface area contributed by atoms with Crippen molar-refractivity contribution in [2.75, 3.05) is 26.7 Å². The second-order valence-electron chi connectivity index (χ2n) is 4.11. The summed E-state index contributed by atoms with van der Waals surface area (Å²) in [5.74, 6) is 0.749. The van der Waals surface area contributed by atoms with Crippen LogP contribution >= 0.6 is 0 Å². The van der Waals surface area contributed by atoms with Gasteiger partial charge in [0.2, 0.25) is 0 Å². The number of aliphatic hydroxyl groups excluding tert-OH is 1. The van der Waals surface area contributed by atoms with Gasteiger partial charge in [-0.05, 0) is 45.2 Å². The Morgan fingerprint density at radius 1 is 1.31 bits per heavy atom. The molecule has 0 unspecified atom stereocenters. The zero-order chi connectivity index (χ0) is 9.68. The Kier molecular flexibility index (Phi) is 4.70. The molecule has 3 nitrogen and oxygen atoms in total. The molecule has 3 heteroatoms. The highest BCUT2D eigenvalue weighted by Gasteiger charge is 2.22. The summed E-state index contributed by atoms with van der Waals surface area (Å²) in [6.07, 6.45) is 5.02. The van der Waals surface area contributed by atoms with E-state index in [1.165, 1.54) is 25.7 Å². The van der Waals surface area contributed by atoms with Gasteiger partial charge in [-0.25, -0.2) is 0 Å². The van der Waals surface area contributed by atoms with Crippen molar-refractivity contribution in [2.45, 2.75) is 31.7 Å². The Morgan fingerprint density at radius 2 is 1.92 bits per heavy atom. The molecule has 1 aliphatic carbocycles. The average molecular weight is 186 g/mol. The average Bonchev–Trinajstić information content (AvgIpc) is 2.18. The molecule has 1 rings (SSSR count). The van der Waals surface area contributed by atoms with Gasteiger partial charge in [0.1, 0.15) is 0 Å². The van der Waals surface area contributed by atoms with Crippen molar-refractivity contribution in [1.29, 1.82) is 0 Å². The minimum atomic E-state index is 0.271. The first-order chi connectivity index (χ1) is 6.27. The third-order valence-electron chi connectivity index (χ3n) is 3.23. The molecule has 0 aromatic carbocycles. The Labute approximate surface area is 80.9 Å². The minimum Gasteiger partial charge on any atom is -0.395 e. The molecule has 0 saturated heterocycles. The van der Waals surface area contributed by atoms with Crippen LogP contribution in [-0.4, -0.2) is 42.8 Å². The lowest BCUT2D eigenvalue weighted by atomic mass is 9.85. The molecule has 0 atom stereocenters. The molecule has 0 amide bonds. The van der Waals surface area contributed by atoms with Crippen molar-refractivity contribution in [1.82, 2.24) is 4.90 Å². The van der Waals surface area contributed by atoms with Gasteiger partial charge >= 0.3 is 0 Å². The molecule has 0 bridgehead atoms. The summed E-state index contributed by atoms with van der Waals surface area (Å²) >= 11 is 0. The van der Waals surface area contributed by atoms with Crippen LogP contribution in [0.3, 0.4) is 0 Å². The summed E-state index contributed by atoms with van der Waals surface area (Å²) < 4.78 is 0. The van der Waals surface area contributed by atoms with Gasteiger partial charge in [0.05, 0.1) is 6.61 Å². The smallest absolute Gasteiger partial charge is 0.0558 e. The van der Waals surface area contributed by atoms with Crippen molar-refractivity contribution >= 4 is 0 Å². The molecule has 0 heterocycles. The van der Waals surface area contributed by atoms with Crippen LogP contribution in [0.4, 0.5) is 0 Å². The van der Waals surface area contributed by atoms with Crippen LogP contribution in [0.25, 0.3) is 0 Å². The van der Waals surface area contributed by atoms with Crippen molar-refractivity contribution in [3.63, 3.8) is 0 Å². The lowest BCUT2D eigenvalue weighted by molar-refractivity contribution is 0.137. The van der Waals surface area contributed by atoms with E-state index in [4.69, 9.17) is 10.8 Å². The van der Waals surface area contributed by atoms with Crippen LogP contribution in [0.1, 0.15) is 25.7 Å². The molecule has 0 radical (unpaired) electrons. The van der Waals surface area contributed by atoms with Gasteiger partial charge in [0, 0.05) is 12.6 Å². The largest absolute Gasteiger partial charge is 0.395 e. The number of likely N-dealkylation sites (N-methyl/N-ethyl adjacent to an activating group) is 1. The highest BCUT2D eigenvalue weighted by atomic mass is 16.3. The van der Waals surface area contributed by atoms with Gasteiger partial charge in [0.25, 0.3) is 0 Å². The number of rotatable bonds is 4. The van der Waals surface area contributed by atoms with Crippen LogP contribution in [0.5, 0.6) is 0 Å². The van der Waals surface area contributed by atoms with E-state index in [0.29, 0.717) is 6.04 Å². The summed E-state index contributed by atoms with van der Waals surface area (Å²) in [7, 11) is 2.10. The molecule has 0 spiro atoms. The zero-order valence-corrected chi connectivity index (χ0v) is 8.58. The molecule has 1 saturated carbocycles. The monoisotopic (exact) mass is 186 g/mol. The first kappa shape index (κ1) is 11.0. The van der Waals surface area contributed by atoms with E-state index in [2.05, 4.69) is 11.9 Å². The van der Waals surface area contributed by atoms with Crippen LogP contribution < -0.4 is 5.73 Å². The van der Waals surface area contributed by atoms with E-state index < -0.39 is 0 Å². The Bertz CT molecular complexity index is 133. The van der Waals surface area contributed by atoms with Gasteiger partial charge in [-0.3, -0.25) is 0 Å². The predicted octanol–water partition coefficient (Wildman–Crippen LogP) is 0.428. The summed E-state index contributed by atoms with van der Waals surface area (Å²) in [5.41, 5.74) is 5.63. The van der Waals surface area contributed by atoms with E-state index in [1.807, 2.05) is 0 Å². The zero-order valence-electron chi connectivity index (χ0n) is 8.58. The molecule has 1 fully saturated rings. The maximum Gasteiger partial charge on any atom is 0.0558 e. The van der Waals surface area contributed by atoms with E-state index in [0.717, 1.165) is 19.0 Å². The molecule has 3 N–H and O–H groups in total. The minimum absolute atomic E-state index is 0.271. The summed E-state index contributed by atoms with van der Waals surface area (Å²) in [6.45, 7) is 1.92. The molecular weight excluding hydrogens is 164 g/mol. The van der Waals surface area contributed by atoms with Gasteiger partial charge in [-0.15, -0.1) is 0 Å². The van der Waals surface area contributed by atoms with Crippen molar-refractivity contribution < 1.29 is 5.11 Å². The third kappa shape index (κ3) is 3.25. The van der Waals surface area contributed by atoms with E-state index in [9.17, 15) is 0 Å². The Hall–Kier alpha value is -0.120. The third-order valence-corrected chi connectivity index (χ3v) is 3.23. The summed E-state index contributed by atoms with van der Waals surface area (Å²) in [6, 6.07) is 0.676. The van der Waals surface area contributed by atoms with E-state index in [-0.39, 0.29) is 6.61 Å². The van der Waals surface area contributed by atoms with E-state index in [1.54, 1.807) is 0 Å². The maximum atomic E-state index is 8.80. The van der Waals surface area contributed by atoms with Crippen LogP contribution in [0.2, 0.25) is 0 Å². The number of hydrogen-bond acceptors (Lipinski definition) is 3. The molecule has 0 aromatic heterocycles. The molecule has 0 aliphatic heterocycles. The molecule has 1 aliphatic rings. The highest BCUT2D eigenvalue weighted by molar-refractivity contribution is 4.78. The number of nitrogens with zero attached hydrogens (tertiary/aromatic N) is 1. The molecular formula is C10H22N2O. The van der Waals surface area contributed by atoms with Gasteiger partial charge in [0.15, 0.2) is 0 Å². The first-order valence-electron chi connectivity index (χ1n) is 5.29. The number of aliphatic hydroxyl groups is 1. The lowest BCUT2D eigenvalue weighted by Crippen LogP contribution is -2.37. The fourth-order valence-electron chi connectivity index (χ4n) is 2.16. The predicted molar refractivity (Wildman–Crippen MR) is 54.5 cm³/mol. The SMILES string of the molecule is CN(CCO)[C@H]1CC[C@H](CN)CC1. The quantitative estimate of drug-likeness (QED) is 0.669. The first-order valence-corrected chi connectivity index (χ1v) is 5.29. The topological polar surface area (TPSA) is 49.5 Å². The Balaban J connectivity index is 2.23. The van der Waals surface area contributed by atoms with Gasteiger partial charge in [-0.2, -0.15) is 0 Å². The van der Waals surface area contributed by atoms with Crippen molar-refractivity contribution in [3.05, 3.63) is 0 Å². The molecule has 78 valence electrons. The highest BCUT2D eigenvalue weighted by Crippen LogP contribution is 2.25. The second kappa shape index (κ2) is 5.58. The molecule has 13 heavy (non-hydrogen) atoms. The fourth-order valence-corrected chi connectivity index (χ4v) is 2.16.